The molecule has 12 heteroatoms. The zero-order chi connectivity index (χ0) is 53.9. The zero-order valence-corrected chi connectivity index (χ0v) is 49.5. The molecule has 0 saturated carbocycles. The van der Waals surface area contributed by atoms with Crippen molar-refractivity contribution in [2.45, 2.75) is 296 Å². The second-order valence-electron chi connectivity index (χ2n) is 26.1. The number of hydrogen-bond acceptors (Lipinski definition) is 10. The van der Waals surface area contributed by atoms with Crippen LogP contribution in [-0.4, -0.2) is 57.3 Å². The molecule has 2 saturated heterocycles. The van der Waals surface area contributed by atoms with Crippen LogP contribution in [0.3, 0.4) is 0 Å². The van der Waals surface area contributed by atoms with Crippen molar-refractivity contribution in [3.05, 3.63) is 46.5 Å². The molecule has 0 radical (unpaired) electrons. The highest BCUT2D eigenvalue weighted by molar-refractivity contribution is 6.65. The fourth-order valence-corrected chi connectivity index (χ4v) is 13.8. The summed E-state index contributed by atoms with van der Waals surface area (Å²) in [6.07, 6.45) is 33.8. The van der Waals surface area contributed by atoms with Crippen LogP contribution in [0.4, 0.5) is 0 Å². The Morgan fingerprint density at radius 2 is 0.592 bits per heavy atom. The minimum atomic E-state index is -0.612. The summed E-state index contributed by atoms with van der Waals surface area (Å²) in [5.41, 5.74) is 12.7. The van der Waals surface area contributed by atoms with E-state index in [-0.39, 0.29) is 10.8 Å². The van der Waals surface area contributed by atoms with Crippen LogP contribution < -0.4 is 10.9 Å². The van der Waals surface area contributed by atoms with Gasteiger partial charge in [-0.05, 0) is 137 Å². The van der Waals surface area contributed by atoms with Crippen molar-refractivity contribution in [1.82, 2.24) is 20.6 Å². The Hall–Kier alpha value is -3.57. The van der Waals surface area contributed by atoms with E-state index in [4.69, 9.17) is 48.5 Å². The lowest BCUT2D eigenvalue weighted by Crippen LogP contribution is -2.41. The largest absolute Gasteiger partial charge is 0.497 e. The molecule has 76 heavy (non-hydrogen) atoms. The average molecular weight is 1040 g/mol. The number of hydrogen-bond donors (Lipinski definition) is 0. The van der Waals surface area contributed by atoms with E-state index in [0.29, 0.717) is 0 Å². The molecular formula is C64H96B2N4O6. The van der Waals surface area contributed by atoms with Crippen LogP contribution in [0.2, 0.25) is 0 Å². The van der Waals surface area contributed by atoms with Gasteiger partial charge in [0.15, 0.2) is 0 Å². The van der Waals surface area contributed by atoms with Crippen molar-refractivity contribution in [2.75, 3.05) is 0 Å². The average Bonchev–Trinajstić information content (AvgIpc) is 4.43. The van der Waals surface area contributed by atoms with E-state index in [2.05, 4.69) is 107 Å². The van der Waals surface area contributed by atoms with Crippen molar-refractivity contribution in [3.8, 4) is 22.3 Å². The van der Waals surface area contributed by atoms with E-state index in [1.165, 1.54) is 173 Å². The molecule has 2 fully saturated rings. The normalized spacial score (nSPS) is 19.1. The number of rotatable bonds is 30. The van der Waals surface area contributed by atoms with Gasteiger partial charge in [0.2, 0.25) is 0 Å². The van der Waals surface area contributed by atoms with Crippen LogP contribution in [0.1, 0.15) is 285 Å². The molecule has 9 rings (SSSR count). The van der Waals surface area contributed by atoms with E-state index in [1.807, 2.05) is 0 Å². The molecule has 414 valence electrons. The van der Waals surface area contributed by atoms with Gasteiger partial charge in [-0.1, -0.05) is 204 Å². The van der Waals surface area contributed by atoms with Crippen LogP contribution in [-0.2, 0) is 29.4 Å². The maximum absolute atomic E-state index is 6.90. The van der Waals surface area contributed by atoms with Gasteiger partial charge in [-0.2, -0.15) is 0 Å². The minimum absolute atomic E-state index is 0.297. The highest BCUT2D eigenvalue weighted by Crippen LogP contribution is 2.62. The van der Waals surface area contributed by atoms with Crippen LogP contribution in [0.25, 0.3) is 44.3 Å². The third kappa shape index (κ3) is 10.7. The molecule has 0 atom stereocenters. The first-order valence-corrected chi connectivity index (χ1v) is 31.0. The molecule has 2 aliphatic carbocycles. The summed E-state index contributed by atoms with van der Waals surface area (Å²) < 4.78 is 39.4. The van der Waals surface area contributed by atoms with E-state index in [1.54, 1.807) is 0 Å². The number of unbranched alkanes of at least 4 members (excludes halogenated alkanes) is 20. The third-order valence-electron chi connectivity index (χ3n) is 19.7. The van der Waals surface area contributed by atoms with Crippen molar-refractivity contribution in [1.29, 1.82) is 0 Å². The van der Waals surface area contributed by atoms with Gasteiger partial charge in [0.05, 0.1) is 22.4 Å². The second kappa shape index (κ2) is 23.6. The fraction of sp³-hybridized carbons (Fsp3) is 0.719. The standard InChI is InChI=1S/C64H96B2N4O6/c1-13-17-21-25-29-33-37-63(38-34-30-26-22-18-14-2)47-41-46-48(42-45(47)53-49(63)43-51(55-57(53)69-75-67-55)65-71-59(5,6)60(7,8)72-65)64(39-35-31-27-23-19-15-3,40-36-32-28-24-20-16-4)50-44-52(56-58(54(46)50)70-76-68-56)66-73-61(9,10)62(11,12)74-66/h41-44H,13-40H2,1-12H3. The zero-order valence-electron chi connectivity index (χ0n) is 49.5. The highest BCUT2D eigenvalue weighted by atomic mass is 16.7. The van der Waals surface area contributed by atoms with Gasteiger partial charge in [0.1, 0.15) is 22.1 Å². The number of aromatic nitrogens is 4. The predicted octanol–water partition coefficient (Wildman–Crippen LogP) is 16.9. The summed E-state index contributed by atoms with van der Waals surface area (Å²) in [6.45, 7) is 26.3. The lowest BCUT2D eigenvalue weighted by atomic mass is 9.67. The van der Waals surface area contributed by atoms with Gasteiger partial charge in [-0.25, -0.2) is 9.26 Å². The Labute approximate surface area is 458 Å². The summed E-state index contributed by atoms with van der Waals surface area (Å²) in [5, 5.41) is 19.3. The summed E-state index contributed by atoms with van der Waals surface area (Å²) in [7, 11) is -1.22. The molecule has 2 aliphatic heterocycles. The van der Waals surface area contributed by atoms with Gasteiger partial charge in [0, 0.05) is 32.9 Å². The van der Waals surface area contributed by atoms with Crippen molar-refractivity contribution in [3.63, 3.8) is 0 Å². The maximum atomic E-state index is 6.90. The van der Waals surface area contributed by atoms with Crippen LogP contribution in [0.5, 0.6) is 0 Å². The topological polar surface area (TPSA) is 115 Å². The summed E-state index contributed by atoms with van der Waals surface area (Å²) >= 11 is 0. The molecule has 3 aromatic carbocycles. The Bertz CT molecular complexity index is 2510. The van der Waals surface area contributed by atoms with E-state index in [9.17, 15) is 0 Å². The Kier molecular flexibility index (Phi) is 17.8. The molecule has 0 bridgehead atoms. The molecular weight excluding hydrogens is 942 g/mol. The van der Waals surface area contributed by atoms with E-state index < -0.39 is 36.6 Å². The van der Waals surface area contributed by atoms with Crippen LogP contribution in [0.15, 0.2) is 33.5 Å². The molecule has 0 spiro atoms. The first-order chi connectivity index (χ1) is 36.5. The van der Waals surface area contributed by atoms with E-state index >= 15 is 0 Å². The lowest BCUT2D eigenvalue weighted by Gasteiger charge is -2.35. The molecule has 10 nitrogen and oxygen atoms in total. The van der Waals surface area contributed by atoms with Crippen LogP contribution >= 0.6 is 0 Å². The first-order valence-electron chi connectivity index (χ1n) is 31.0. The Morgan fingerprint density at radius 3 is 0.882 bits per heavy atom. The van der Waals surface area contributed by atoms with Crippen molar-refractivity contribution < 1.29 is 27.9 Å². The highest BCUT2D eigenvalue weighted by Gasteiger charge is 2.57. The number of benzene rings is 3. The SMILES string of the molecule is CCCCCCCCC1(CCCCCCCC)c2cc3c(cc2-c2c1cc(B1OC(C)(C)C(C)(C)O1)c1nonc21)C(CCCCCCCC)(CCCCCCCC)c1cc(B2OC(C)(C)C(C)(C)O2)c2nonc2c1-3. The fourth-order valence-electron chi connectivity index (χ4n) is 13.8. The van der Waals surface area contributed by atoms with Gasteiger partial charge >= 0.3 is 14.2 Å². The molecule has 4 aliphatic rings. The number of fused-ring (bicyclic) bond motifs is 10. The second-order valence-corrected chi connectivity index (χ2v) is 26.1. The lowest BCUT2D eigenvalue weighted by molar-refractivity contribution is 0.00578. The molecule has 0 amide bonds. The van der Waals surface area contributed by atoms with Gasteiger partial charge in [0.25, 0.3) is 0 Å². The van der Waals surface area contributed by atoms with Crippen molar-refractivity contribution in [2.24, 2.45) is 0 Å². The molecule has 4 heterocycles. The quantitative estimate of drug-likeness (QED) is 0.0325. The predicted molar refractivity (Wildman–Crippen MR) is 313 cm³/mol. The monoisotopic (exact) mass is 1040 g/mol. The third-order valence-corrected chi connectivity index (χ3v) is 19.7. The minimum Gasteiger partial charge on any atom is -0.399 e. The Balaban J connectivity index is 1.29. The maximum Gasteiger partial charge on any atom is 0.497 e. The molecule has 0 unspecified atom stereocenters. The smallest absolute Gasteiger partial charge is 0.399 e. The Morgan fingerprint density at radius 1 is 0.329 bits per heavy atom. The van der Waals surface area contributed by atoms with Gasteiger partial charge < -0.3 is 18.6 Å². The summed E-state index contributed by atoms with van der Waals surface area (Å²) in [6, 6.07) is 10.2. The molecule has 5 aromatic rings. The summed E-state index contributed by atoms with van der Waals surface area (Å²) in [4.78, 5) is 0. The van der Waals surface area contributed by atoms with Gasteiger partial charge in [-0.3, -0.25) is 0 Å². The first kappa shape index (κ1) is 57.1. The molecule has 0 N–H and O–H groups in total. The van der Waals surface area contributed by atoms with Crippen molar-refractivity contribution >= 4 is 47.2 Å². The van der Waals surface area contributed by atoms with Gasteiger partial charge in [-0.15, -0.1) is 0 Å². The van der Waals surface area contributed by atoms with Crippen LogP contribution in [0, 0.1) is 0 Å². The summed E-state index contributed by atoms with van der Waals surface area (Å²) in [5.74, 6) is 0. The van der Waals surface area contributed by atoms with E-state index in [0.717, 1.165) is 84.4 Å². The molecule has 2 aromatic heterocycles. The number of nitrogens with zero attached hydrogens (tertiary/aromatic N) is 4.